The third-order valence-electron chi connectivity index (χ3n) is 4.03. The van der Waals surface area contributed by atoms with Gasteiger partial charge < -0.3 is 20.3 Å². The maximum absolute atomic E-state index is 12.6. The average molecular weight is 338 g/mol. The van der Waals surface area contributed by atoms with Gasteiger partial charge in [-0.2, -0.15) is 0 Å². The quantitative estimate of drug-likeness (QED) is 0.646. The Bertz CT molecular complexity index is 799. The van der Waals surface area contributed by atoms with E-state index in [1.807, 2.05) is 61.5 Å². The van der Waals surface area contributed by atoms with E-state index in [1.165, 1.54) is 0 Å². The van der Waals surface area contributed by atoms with Gasteiger partial charge in [-0.15, -0.1) is 0 Å². The van der Waals surface area contributed by atoms with Crippen molar-refractivity contribution in [1.82, 2.24) is 20.2 Å². The van der Waals surface area contributed by atoms with Crippen LogP contribution >= 0.6 is 0 Å². The molecule has 0 aliphatic rings. The van der Waals surface area contributed by atoms with Crippen LogP contribution in [0.4, 0.5) is 4.79 Å². The third-order valence-corrected chi connectivity index (χ3v) is 4.03. The van der Waals surface area contributed by atoms with Crippen molar-refractivity contribution >= 4 is 17.1 Å². The molecule has 6 heteroatoms. The normalized spacial score (nSPS) is 12.1. The zero-order chi connectivity index (χ0) is 17.6. The van der Waals surface area contributed by atoms with E-state index >= 15 is 0 Å². The summed E-state index contributed by atoms with van der Waals surface area (Å²) in [7, 11) is 0. The number of urea groups is 1. The summed E-state index contributed by atoms with van der Waals surface area (Å²) in [6.07, 6.45) is 0. The van der Waals surface area contributed by atoms with Crippen LogP contribution in [0, 0.1) is 0 Å². The largest absolute Gasteiger partial charge is 0.395 e. The maximum atomic E-state index is 12.6. The molecule has 3 N–H and O–H groups in total. The second-order valence-electron chi connectivity index (χ2n) is 5.94. The van der Waals surface area contributed by atoms with E-state index in [0.29, 0.717) is 12.4 Å². The number of benzene rings is 2. The number of H-pyrrole nitrogens is 1. The Balaban J connectivity index is 1.69. The number of aromatic amines is 1. The Hall–Kier alpha value is -2.86. The van der Waals surface area contributed by atoms with Crippen molar-refractivity contribution in [3.63, 3.8) is 0 Å². The zero-order valence-corrected chi connectivity index (χ0v) is 14.1. The summed E-state index contributed by atoms with van der Waals surface area (Å²) < 4.78 is 0. The Morgan fingerprint density at radius 2 is 1.92 bits per heavy atom. The average Bonchev–Trinajstić information content (AvgIpc) is 3.06. The van der Waals surface area contributed by atoms with Crippen LogP contribution in [0.2, 0.25) is 0 Å². The lowest BCUT2D eigenvalue weighted by atomic mass is 10.2. The first kappa shape index (κ1) is 17.0. The van der Waals surface area contributed by atoms with Crippen LogP contribution < -0.4 is 5.32 Å². The minimum absolute atomic E-state index is 0.0841. The van der Waals surface area contributed by atoms with Crippen molar-refractivity contribution in [3.05, 3.63) is 66.0 Å². The van der Waals surface area contributed by atoms with Crippen molar-refractivity contribution in [1.29, 1.82) is 0 Å². The monoisotopic (exact) mass is 338 g/mol. The van der Waals surface area contributed by atoms with E-state index in [4.69, 9.17) is 0 Å². The first-order chi connectivity index (χ1) is 12.2. The number of nitrogens with one attached hydrogen (secondary N) is 2. The zero-order valence-electron chi connectivity index (χ0n) is 14.1. The maximum Gasteiger partial charge on any atom is 0.318 e. The minimum atomic E-state index is -0.267. The number of hydrogen-bond donors (Lipinski definition) is 3. The molecule has 130 valence electrons. The number of carbonyl (C=O) groups is 1. The van der Waals surface area contributed by atoms with E-state index in [2.05, 4.69) is 15.3 Å². The number of rotatable bonds is 6. The molecule has 6 nitrogen and oxygen atoms in total. The van der Waals surface area contributed by atoms with E-state index in [-0.39, 0.29) is 25.2 Å². The van der Waals surface area contributed by atoms with Gasteiger partial charge in [-0.25, -0.2) is 9.78 Å². The molecule has 0 fully saturated rings. The summed E-state index contributed by atoms with van der Waals surface area (Å²) in [6.45, 7) is 2.52. The van der Waals surface area contributed by atoms with Crippen LogP contribution in [-0.4, -0.2) is 39.2 Å². The van der Waals surface area contributed by atoms with Crippen LogP contribution in [-0.2, 0) is 6.54 Å². The number of imidazole rings is 1. The molecule has 3 aromatic rings. The van der Waals surface area contributed by atoms with E-state index in [9.17, 15) is 9.90 Å². The predicted molar refractivity (Wildman–Crippen MR) is 97.0 cm³/mol. The molecule has 25 heavy (non-hydrogen) atoms. The predicted octanol–water partition coefficient (Wildman–Crippen LogP) is 2.83. The van der Waals surface area contributed by atoms with Crippen molar-refractivity contribution < 1.29 is 9.90 Å². The van der Waals surface area contributed by atoms with Crippen LogP contribution in [0.5, 0.6) is 0 Å². The molecule has 2 amide bonds. The summed E-state index contributed by atoms with van der Waals surface area (Å²) in [5, 5.41) is 12.2. The summed E-state index contributed by atoms with van der Waals surface area (Å²) in [5.74, 6) is 0.707. The lowest BCUT2D eigenvalue weighted by Gasteiger charge is -2.24. The molecular weight excluding hydrogens is 316 g/mol. The number of aliphatic hydroxyl groups excluding tert-OH is 1. The molecule has 1 unspecified atom stereocenters. The molecule has 0 bridgehead atoms. The van der Waals surface area contributed by atoms with Crippen LogP contribution in [0.3, 0.4) is 0 Å². The van der Waals surface area contributed by atoms with E-state index < -0.39 is 0 Å². The SMILES string of the molecule is CC(NC(=O)N(CCO)Cc1ccccc1)c1nc2ccccc2[nH]1. The first-order valence-electron chi connectivity index (χ1n) is 8.32. The van der Waals surface area contributed by atoms with Gasteiger partial charge in [-0.1, -0.05) is 42.5 Å². The molecule has 2 aromatic carbocycles. The molecular formula is C19H22N4O2. The molecule has 1 atom stereocenters. The number of fused-ring (bicyclic) bond motifs is 1. The number of amides is 2. The van der Waals surface area contributed by atoms with Crippen LogP contribution in [0.25, 0.3) is 11.0 Å². The summed E-state index contributed by atoms with van der Waals surface area (Å²) >= 11 is 0. The number of aliphatic hydroxyl groups is 1. The fourth-order valence-electron chi connectivity index (χ4n) is 2.70. The van der Waals surface area contributed by atoms with E-state index in [1.54, 1.807) is 4.90 Å². The van der Waals surface area contributed by atoms with Gasteiger partial charge in [0.25, 0.3) is 0 Å². The van der Waals surface area contributed by atoms with Crippen molar-refractivity contribution in [2.75, 3.05) is 13.2 Å². The number of nitrogens with zero attached hydrogens (tertiary/aromatic N) is 2. The van der Waals surface area contributed by atoms with Gasteiger partial charge in [-0.05, 0) is 24.6 Å². The molecule has 0 saturated heterocycles. The Morgan fingerprint density at radius 3 is 2.64 bits per heavy atom. The summed E-state index contributed by atoms with van der Waals surface area (Å²) in [4.78, 5) is 21.9. The fourth-order valence-corrected chi connectivity index (χ4v) is 2.70. The number of carbonyl (C=O) groups excluding carboxylic acids is 1. The molecule has 3 rings (SSSR count). The van der Waals surface area contributed by atoms with Crippen molar-refractivity contribution in [3.8, 4) is 0 Å². The second kappa shape index (κ2) is 7.81. The minimum Gasteiger partial charge on any atom is -0.395 e. The van der Waals surface area contributed by atoms with Gasteiger partial charge in [0, 0.05) is 13.1 Å². The first-order valence-corrected chi connectivity index (χ1v) is 8.32. The molecule has 0 aliphatic heterocycles. The lowest BCUT2D eigenvalue weighted by Crippen LogP contribution is -2.42. The second-order valence-corrected chi connectivity index (χ2v) is 5.94. The molecule has 0 radical (unpaired) electrons. The van der Waals surface area contributed by atoms with Crippen LogP contribution in [0.1, 0.15) is 24.4 Å². The molecule has 0 spiro atoms. The number of para-hydroxylation sites is 2. The topological polar surface area (TPSA) is 81.2 Å². The van der Waals surface area contributed by atoms with Gasteiger partial charge >= 0.3 is 6.03 Å². The van der Waals surface area contributed by atoms with Crippen molar-refractivity contribution in [2.45, 2.75) is 19.5 Å². The van der Waals surface area contributed by atoms with Gasteiger partial charge in [0.1, 0.15) is 5.82 Å². The summed E-state index contributed by atoms with van der Waals surface area (Å²) in [5.41, 5.74) is 2.83. The smallest absolute Gasteiger partial charge is 0.318 e. The van der Waals surface area contributed by atoms with Gasteiger partial charge in [0.2, 0.25) is 0 Å². The van der Waals surface area contributed by atoms with E-state index in [0.717, 1.165) is 16.6 Å². The third kappa shape index (κ3) is 4.16. The standard InChI is InChI=1S/C19H22N4O2/c1-14(18-21-16-9-5-6-10-17(16)22-18)20-19(25)23(11-12-24)13-15-7-3-2-4-8-15/h2-10,14,24H,11-13H2,1H3,(H,20,25)(H,21,22). The summed E-state index contributed by atoms with van der Waals surface area (Å²) in [6, 6.07) is 17.0. The molecule has 1 aromatic heterocycles. The molecule has 1 heterocycles. The Labute approximate surface area is 146 Å². The number of hydrogen-bond acceptors (Lipinski definition) is 3. The lowest BCUT2D eigenvalue weighted by molar-refractivity contribution is 0.171. The van der Waals surface area contributed by atoms with Crippen molar-refractivity contribution in [2.24, 2.45) is 0 Å². The fraction of sp³-hybridized carbons (Fsp3) is 0.263. The molecule has 0 saturated carbocycles. The Kier molecular flexibility index (Phi) is 5.30. The van der Waals surface area contributed by atoms with Gasteiger partial charge in [0.15, 0.2) is 0 Å². The molecule has 0 aliphatic carbocycles. The highest BCUT2D eigenvalue weighted by molar-refractivity contribution is 5.76. The van der Waals surface area contributed by atoms with Gasteiger partial charge in [0.05, 0.1) is 23.7 Å². The van der Waals surface area contributed by atoms with Crippen LogP contribution in [0.15, 0.2) is 54.6 Å². The van der Waals surface area contributed by atoms with Gasteiger partial charge in [-0.3, -0.25) is 0 Å². The number of aromatic nitrogens is 2. The highest BCUT2D eigenvalue weighted by Crippen LogP contribution is 2.16. The highest BCUT2D eigenvalue weighted by Gasteiger charge is 2.18. The Morgan fingerprint density at radius 1 is 1.20 bits per heavy atom. The highest BCUT2D eigenvalue weighted by atomic mass is 16.3.